The number of nitrogen functional groups attached to an aromatic ring is 1. The van der Waals surface area contributed by atoms with Gasteiger partial charge in [-0.2, -0.15) is 0 Å². The van der Waals surface area contributed by atoms with Crippen LogP contribution in [-0.2, 0) is 0 Å². The molecule has 0 bridgehead atoms. The van der Waals surface area contributed by atoms with Crippen molar-refractivity contribution in [3.63, 3.8) is 0 Å². The second-order valence-corrected chi connectivity index (χ2v) is 3.46. The number of nitrogens with two attached hydrogens (primary N) is 1. The van der Waals surface area contributed by atoms with E-state index in [1.54, 1.807) is 18.3 Å². The third-order valence-corrected chi connectivity index (χ3v) is 2.24. The number of hydrogen-bond donors (Lipinski definition) is 2. The smallest absolute Gasteiger partial charge is 0.125 e. The molecule has 76 valence electrons. The van der Waals surface area contributed by atoms with Gasteiger partial charge in [0.2, 0.25) is 0 Å². The van der Waals surface area contributed by atoms with E-state index in [4.69, 9.17) is 5.73 Å². The Bertz CT molecular complexity index is 477. The summed E-state index contributed by atoms with van der Waals surface area (Å²) in [6.45, 7) is 1.92. The summed E-state index contributed by atoms with van der Waals surface area (Å²) in [4.78, 5) is 4.18. The predicted molar refractivity (Wildman–Crippen MR) is 60.5 cm³/mol. The molecule has 0 fully saturated rings. The average Bonchev–Trinajstić information content (AvgIpc) is 2.20. The van der Waals surface area contributed by atoms with Crippen molar-refractivity contribution < 1.29 is 5.11 Å². The number of nitrogens with zero attached hydrogens (tertiary/aromatic N) is 1. The lowest BCUT2D eigenvalue weighted by Gasteiger charge is -2.05. The van der Waals surface area contributed by atoms with Gasteiger partial charge in [0, 0.05) is 34.8 Å². The fraction of sp³-hybridized carbons (Fsp3) is 0.0833. The number of rotatable bonds is 1. The Labute approximate surface area is 88.2 Å². The lowest BCUT2D eigenvalue weighted by atomic mass is 10.1. The molecule has 1 aromatic heterocycles. The quantitative estimate of drug-likeness (QED) is 0.694. The summed E-state index contributed by atoms with van der Waals surface area (Å²) in [5, 5.41) is 9.71. The Balaban J connectivity index is 2.49. The number of aromatic hydroxyl groups is 1. The Morgan fingerprint density at radius 3 is 2.60 bits per heavy atom. The lowest BCUT2D eigenvalue weighted by Crippen LogP contribution is -1.87. The maximum absolute atomic E-state index is 9.71. The van der Waals surface area contributed by atoms with Gasteiger partial charge in [0.05, 0.1) is 0 Å². The highest BCUT2D eigenvalue weighted by atomic mass is 16.3. The highest BCUT2D eigenvalue weighted by Crippen LogP contribution is 2.30. The van der Waals surface area contributed by atoms with Crippen molar-refractivity contribution in [1.82, 2.24) is 4.98 Å². The van der Waals surface area contributed by atoms with Crippen molar-refractivity contribution in [2.24, 2.45) is 0 Å². The van der Waals surface area contributed by atoms with Crippen LogP contribution >= 0.6 is 0 Å². The van der Waals surface area contributed by atoms with Gasteiger partial charge in [-0.15, -0.1) is 0 Å². The molecule has 3 nitrogen and oxygen atoms in total. The fourth-order valence-corrected chi connectivity index (χ4v) is 1.42. The summed E-state index contributed by atoms with van der Waals surface area (Å²) in [6.07, 6.45) is 1.74. The van der Waals surface area contributed by atoms with Gasteiger partial charge in [0.15, 0.2) is 0 Å². The Hall–Kier alpha value is -2.03. The Morgan fingerprint density at radius 1 is 1.20 bits per heavy atom. The third-order valence-electron chi connectivity index (χ3n) is 2.24. The van der Waals surface area contributed by atoms with Crippen molar-refractivity contribution >= 4 is 5.69 Å². The van der Waals surface area contributed by atoms with E-state index >= 15 is 0 Å². The van der Waals surface area contributed by atoms with Crippen molar-refractivity contribution in [2.75, 3.05) is 5.73 Å². The van der Waals surface area contributed by atoms with Gasteiger partial charge in [0.25, 0.3) is 0 Å². The average molecular weight is 200 g/mol. The molecule has 3 heteroatoms. The second-order valence-electron chi connectivity index (χ2n) is 3.46. The van der Waals surface area contributed by atoms with Gasteiger partial charge in [-0.25, -0.2) is 0 Å². The molecule has 15 heavy (non-hydrogen) atoms. The molecule has 0 amide bonds. The summed E-state index contributed by atoms with van der Waals surface area (Å²) >= 11 is 0. The van der Waals surface area contributed by atoms with Crippen LogP contribution in [0, 0.1) is 6.92 Å². The van der Waals surface area contributed by atoms with Crippen LogP contribution in [0.25, 0.3) is 11.1 Å². The molecule has 0 saturated carbocycles. The van der Waals surface area contributed by atoms with Crippen LogP contribution in [0.5, 0.6) is 5.75 Å². The molecule has 2 rings (SSSR count). The van der Waals surface area contributed by atoms with E-state index < -0.39 is 0 Å². The first-order chi connectivity index (χ1) is 7.16. The zero-order valence-corrected chi connectivity index (χ0v) is 8.44. The van der Waals surface area contributed by atoms with Crippen LogP contribution in [-0.4, -0.2) is 10.1 Å². The number of benzene rings is 1. The van der Waals surface area contributed by atoms with Crippen LogP contribution in [0.3, 0.4) is 0 Å². The summed E-state index contributed by atoms with van der Waals surface area (Å²) in [7, 11) is 0. The number of phenolic OH excluding ortho intramolecular Hbond substituents is 1. The number of phenols is 1. The minimum atomic E-state index is 0.181. The molecule has 0 aliphatic heterocycles. The molecule has 0 aliphatic rings. The molecule has 0 saturated heterocycles. The maximum atomic E-state index is 9.71. The van der Waals surface area contributed by atoms with E-state index in [-0.39, 0.29) is 5.75 Å². The van der Waals surface area contributed by atoms with Crippen LogP contribution in [0.2, 0.25) is 0 Å². The number of pyridine rings is 1. The zero-order chi connectivity index (χ0) is 10.8. The topological polar surface area (TPSA) is 59.1 Å². The standard InChI is InChI=1S/C12H12N2O/c1-8-2-3-9(7-14-8)11-5-4-10(13)6-12(11)15/h2-7,15H,13H2,1H3. The van der Waals surface area contributed by atoms with Crippen LogP contribution in [0.15, 0.2) is 36.5 Å². The van der Waals surface area contributed by atoms with Crippen molar-refractivity contribution in [3.05, 3.63) is 42.2 Å². The van der Waals surface area contributed by atoms with Crippen LogP contribution in [0.1, 0.15) is 5.69 Å². The van der Waals surface area contributed by atoms with Gasteiger partial charge in [-0.05, 0) is 25.1 Å². The summed E-state index contributed by atoms with van der Waals surface area (Å²) in [6, 6.07) is 8.92. The summed E-state index contributed by atoms with van der Waals surface area (Å²) < 4.78 is 0. The first-order valence-corrected chi connectivity index (χ1v) is 4.68. The fourth-order valence-electron chi connectivity index (χ4n) is 1.42. The lowest BCUT2D eigenvalue weighted by molar-refractivity contribution is 0.477. The minimum absolute atomic E-state index is 0.181. The Kier molecular flexibility index (Phi) is 2.29. The molecule has 0 aliphatic carbocycles. The maximum Gasteiger partial charge on any atom is 0.125 e. The second kappa shape index (κ2) is 3.61. The first-order valence-electron chi connectivity index (χ1n) is 4.68. The van der Waals surface area contributed by atoms with E-state index in [0.717, 1.165) is 16.8 Å². The number of hydrogen-bond acceptors (Lipinski definition) is 3. The van der Waals surface area contributed by atoms with Crippen molar-refractivity contribution in [2.45, 2.75) is 6.92 Å². The van der Waals surface area contributed by atoms with Gasteiger partial charge < -0.3 is 10.8 Å². The first kappa shape index (κ1) is 9.52. The third kappa shape index (κ3) is 1.91. The van der Waals surface area contributed by atoms with E-state index in [1.165, 1.54) is 6.07 Å². The molecule has 0 radical (unpaired) electrons. The molecule has 0 unspecified atom stereocenters. The van der Waals surface area contributed by atoms with Crippen LogP contribution < -0.4 is 5.73 Å². The molecule has 3 N–H and O–H groups in total. The normalized spacial score (nSPS) is 10.2. The monoisotopic (exact) mass is 200 g/mol. The van der Waals surface area contributed by atoms with Crippen molar-refractivity contribution in [1.29, 1.82) is 0 Å². The molecule has 0 spiro atoms. The molecule has 1 aromatic carbocycles. The van der Waals surface area contributed by atoms with E-state index in [1.807, 2.05) is 19.1 Å². The minimum Gasteiger partial charge on any atom is -0.507 e. The number of anilines is 1. The Morgan fingerprint density at radius 2 is 2.00 bits per heavy atom. The van der Waals surface area contributed by atoms with Gasteiger partial charge in [-0.1, -0.05) is 6.07 Å². The molecule has 1 heterocycles. The van der Waals surface area contributed by atoms with Gasteiger partial charge in [-0.3, -0.25) is 4.98 Å². The van der Waals surface area contributed by atoms with Gasteiger partial charge in [0.1, 0.15) is 5.75 Å². The summed E-state index contributed by atoms with van der Waals surface area (Å²) in [5.74, 6) is 0.181. The van der Waals surface area contributed by atoms with Gasteiger partial charge >= 0.3 is 0 Å². The highest BCUT2D eigenvalue weighted by molar-refractivity contribution is 5.71. The molecular weight excluding hydrogens is 188 g/mol. The molecule has 0 atom stereocenters. The van der Waals surface area contributed by atoms with E-state index in [2.05, 4.69) is 4.98 Å². The van der Waals surface area contributed by atoms with E-state index in [0.29, 0.717) is 5.69 Å². The van der Waals surface area contributed by atoms with Crippen LogP contribution in [0.4, 0.5) is 5.69 Å². The molecular formula is C12H12N2O. The predicted octanol–water partition coefficient (Wildman–Crippen LogP) is 2.34. The molecule has 2 aromatic rings. The number of aryl methyl sites for hydroxylation is 1. The SMILES string of the molecule is Cc1ccc(-c2ccc(N)cc2O)cn1. The van der Waals surface area contributed by atoms with E-state index in [9.17, 15) is 5.11 Å². The van der Waals surface area contributed by atoms with Crippen molar-refractivity contribution in [3.8, 4) is 16.9 Å². The number of aromatic nitrogens is 1. The zero-order valence-electron chi connectivity index (χ0n) is 8.44. The largest absolute Gasteiger partial charge is 0.507 e. The highest BCUT2D eigenvalue weighted by Gasteiger charge is 2.04. The summed E-state index contributed by atoms with van der Waals surface area (Å²) in [5.41, 5.74) is 8.69.